The summed E-state index contributed by atoms with van der Waals surface area (Å²) in [4.78, 5) is 24.9. The molecule has 0 atom stereocenters. The first-order valence-corrected chi connectivity index (χ1v) is 17.0. The molecule has 10 rings (SSSR count). The van der Waals surface area contributed by atoms with E-state index in [0.29, 0.717) is 28.8 Å². The summed E-state index contributed by atoms with van der Waals surface area (Å²) in [5.41, 5.74) is 7.00. The van der Waals surface area contributed by atoms with Crippen molar-refractivity contribution in [1.29, 1.82) is 0 Å². The molecule has 0 spiro atoms. The molecule has 6 aromatic carbocycles. The molecule has 52 heavy (non-hydrogen) atoms. The van der Waals surface area contributed by atoms with Crippen LogP contribution in [0.2, 0.25) is 0 Å². The van der Waals surface area contributed by atoms with Crippen molar-refractivity contribution >= 4 is 44.8 Å². The molecule has 8 heteroatoms. The maximum atomic E-state index is 6.27. The van der Waals surface area contributed by atoms with Crippen LogP contribution in [0.25, 0.3) is 67.3 Å². The number of hydrogen-bond donors (Lipinski definition) is 1. The van der Waals surface area contributed by atoms with Crippen LogP contribution >= 0.6 is 0 Å². The van der Waals surface area contributed by atoms with E-state index in [1.807, 2.05) is 146 Å². The Morgan fingerprint density at radius 1 is 0.423 bits per heavy atom. The van der Waals surface area contributed by atoms with Crippen LogP contribution in [0.15, 0.2) is 177 Å². The summed E-state index contributed by atoms with van der Waals surface area (Å²) < 4.78 is 12.5. The molecule has 0 fully saturated rings. The minimum absolute atomic E-state index is 0.456. The molecule has 1 aliphatic heterocycles. The molecule has 0 amide bonds. The second-order valence-electron chi connectivity index (χ2n) is 12.6. The van der Waals surface area contributed by atoms with E-state index in [1.165, 1.54) is 0 Å². The predicted octanol–water partition coefficient (Wildman–Crippen LogP) is 10.0. The van der Waals surface area contributed by atoms with Gasteiger partial charge in [0, 0.05) is 38.6 Å². The van der Waals surface area contributed by atoms with Gasteiger partial charge in [-0.2, -0.15) is 0 Å². The molecule has 9 aromatic rings. The summed E-state index contributed by atoms with van der Waals surface area (Å²) in [6.45, 7) is 0. The first kappa shape index (κ1) is 29.7. The van der Waals surface area contributed by atoms with Crippen molar-refractivity contribution in [2.75, 3.05) is 0 Å². The first-order valence-electron chi connectivity index (χ1n) is 17.0. The van der Waals surface area contributed by atoms with Gasteiger partial charge in [0.25, 0.3) is 5.78 Å². The third-order valence-corrected chi connectivity index (χ3v) is 9.22. The largest absolute Gasteiger partial charge is 0.425 e. The van der Waals surface area contributed by atoms with Crippen molar-refractivity contribution in [3.05, 3.63) is 174 Å². The molecule has 0 saturated heterocycles. The van der Waals surface area contributed by atoms with E-state index in [1.54, 1.807) is 0 Å². The quantitative estimate of drug-likeness (QED) is 0.189. The highest BCUT2D eigenvalue weighted by atomic mass is 16.5. The predicted molar refractivity (Wildman–Crippen MR) is 205 cm³/mol. The van der Waals surface area contributed by atoms with Gasteiger partial charge in [-0.3, -0.25) is 0 Å². The second-order valence-corrected chi connectivity index (χ2v) is 12.6. The lowest BCUT2D eigenvalue weighted by Crippen LogP contribution is -2.35. The number of hydrogen-bond acceptors (Lipinski definition) is 8. The Labute approximate surface area is 297 Å². The molecular formula is C44H28N6O2. The fourth-order valence-corrected chi connectivity index (χ4v) is 6.66. The van der Waals surface area contributed by atoms with Crippen LogP contribution in [0.3, 0.4) is 0 Å². The monoisotopic (exact) mass is 672 g/mol. The van der Waals surface area contributed by atoms with Crippen molar-refractivity contribution in [1.82, 2.24) is 20.3 Å². The van der Waals surface area contributed by atoms with E-state index < -0.39 is 6.17 Å². The Balaban J connectivity index is 1.11. The second kappa shape index (κ2) is 12.3. The lowest BCUT2D eigenvalue weighted by Gasteiger charge is -2.22. The number of aliphatic imine (C=N–C) groups is 2. The highest BCUT2D eigenvalue weighted by Crippen LogP contribution is 2.40. The minimum atomic E-state index is -0.479. The number of fused-ring (bicyclic) bond motifs is 5. The van der Waals surface area contributed by atoms with Gasteiger partial charge in [0.15, 0.2) is 23.6 Å². The van der Waals surface area contributed by atoms with Gasteiger partial charge >= 0.3 is 0 Å². The zero-order valence-electron chi connectivity index (χ0n) is 27.6. The van der Waals surface area contributed by atoms with Gasteiger partial charge in [0.2, 0.25) is 0 Å². The number of rotatable bonds is 6. The fraction of sp³-hybridized carbons (Fsp3) is 0.0227. The number of benzene rings is 6. The topological polar surface area (TPSA) is 102 Å². The highest BCUT2D eigenvalue weighted by molar-refractivity contribution is 6.18. The van der Waals surface area contributed by atoms with E-state index in [-0.39, 0.29) is 0 Å². The van der Waals surface area contributed by atoms with Crippen molar-refractivity contribution in [2.45, 2.75) is 6.17 Å². The maximum Gasteiger partial charge on any atom is 0.299 e. The molecular weight excluding hydrogens is 645 g/mol. The third-order valence-electron chi connectivity index (χ3n) is 9.22. The smallest absolute Gasteiger partial charge is 0.299 e. The molecule has 8 nitrogen and oxygen atoms in total. The van der Waals surface area contributed by atoms with Gasteiger partial charge in [0.05, 0.1) is 5.39 Å². The molecule has 0 unspecified atom stereocenters. The summed E-state index contributed by atoms with van der Waals surface area (Å²) in [7, 11) is 0. The van der Waals surface area contributed by atoms with Crippen LogP contribution in [0.4, 0.5) is 0 Å². The lowest BCUT2D eigenvalue weighted by atomic mass is 10.0. The number of amidine groups is 2. The van der Waals surface area contributed by atoms with Gasteiger partial charge < -0.3 is 14.2 Å². The molecule has 0 bridgehead atoms. The van der Waals surface area contributed by atoms with Crippen LogP contribution in [0, 0.1) is 0 Å². The van der Waals surface area contributed by atoms with Crippen molar-refractivity contribution in [3.8, 4) is 34.2 Å². The molecule has 0 saturated carbocycles. The molecule has 3 aromatic heterocycles. The van der Waals surface area contributed by atoms with E-state index >= 15 is 0 Å². The zero-order chi connectivity index (χ0) is 34.4. The van der Waals surface area contributed by atoms with Crippen LogP contribution in [0.1, 0.15) is 22.9 Å². The molecule has 246 valence electrons. The summed E-state index contributed by atoms with van der Waals surface area (Å²) in [5.74, 6) is 3.76. The summed E-state index contributed by atoms with van der Waals surface area (Å²) in [6, 6.07) is 52.3. The normalized spacial score (nSPS) is 13.3. The summed E-state index contributed by atoms with van der Waals surface area (Å²) >= 11 is 0. The third kappa shape index (κ3) is 5.30. The molecule has 0 radical (unpaired) electrons. The van der Waals surface area contributed by atoms with E-state index in [4.69, 9.17) is 33.8 Å². The number of nitrogens with zero attached hydrogens (tertiary/aromatic N) is 5. The van der Waals surface area contributed by atoms with Crippen LogP contribution in [0.5, 0.6) is 0 Å². The van der Waals surface area contributed by atoms with E-state index in [2.05, 4.69) is 17.4 Å². The Morgan fingerprint density at radius 3 is 1.38 bits per heavy atom. The van der Waals surface area contributed by atoms with Gasteiger partial charge in [0.1, 0.15) is 22.8 Å². The zero-order valence-corrected chi connectivity index (χ0v) is 27.6. The van der Waals surface area contributed by atoms with Crippen LogP contribution in [-0.2, 0) is 0 Å². The van der Waals surface area contributed by atoms with Gasteiger partial charge in [-0.05, 0) is 35.9 Å². The Hall–Kier alpha value is -7.19. The standard InChI is InChI=1S/C44H28N6O2/c1-5-13-27(14-6-1)38-45-39(28-15-7-2-8-16-28)48-42(47-38)31-21-23-35-33(25-31)37-34-26-32(22-24-36(34)52-44(37)51-35)43-49-40(29-17-9-3-10-18-29)46-41(50-43)30-19-11-4-12-20-30/h1-26,42H,(H,45,47,48). The minimum Gasteiger partial charge on any atom is -0.425 e. The van der Waals surface area contributed by atoms with E-state index in [0.717, 1.165) is 66.8 Å². The molecule has 0 aliphatic carbocycles. The average molecular weight is 673 g/mol. The molecule has 1 aliphatic rings. The average Bonchev–Trinajstić information content (AvgIpc) is 3.77. The molecule has 4 heterocycles. The number of nitrogens with one attached hydrogen (secondary N) is 1. The fourth-order valence-electron chi connectivity index (χ4n) is 6.66. The van der Waals surface area contributed by atoms with E-state index in [9.17, 15) is 0 Å². The van der Waals surface area contributed by atoms with Crippen LogP contribution in [-0.4, -0.2) is 26.6 Å². The highest BCUT2D eigenvalue weighted by Gasteiger charge is 2.23. The van der Waals surface area contributed by atoms with Crippen molar-refractivity contribution in [3.63, 3.8) is 0 Å². The Bertz CT molecular complexity index is 2700. The maximum absolute atomic E-state index is 6.27. The van der Waals surface area contributed by atoms with Gasteiger partial charge in [-0.25, -0.2) is 24.9 Å². The Kier molecular flexibility index (Phi) is 7.02. The first-order chi connectivity index (χ1) is 25.7. The lowest BCUT2D eigenvalue weighted by molar-refractivity contribution is 0.524. The molecule has 1 N–H and O–H groups in total. The Morgan fingerprint density at radius 2 is 0.865 bits per heavy atom. The van der Waals surface area contributed by atoms with Crippen LogP contribution < -0.4 is 5.32 Å². The van der Waals surface area contributed by atoms with Crippen molar-refractivity contribution < 1.29 is 8.83 Å². The number of furan rings is 2. The SMILES string of the molecule is c1ccc(C2=NC(c3ccc4oc5oc6ccc(-c7nc(-c8ccccc8)nc(-c8ccccc8)n7)cc6c5c4c3)N=C(c3ccccc3)N2)cc1. The summed E-state index contributed by atoms with van der Waals surface area (Å²) in [5, 5.41) is 6.16. The van der Waals surface area contributed by atoms with Gasteiger partial charge in [-0.15, -0.1) is 0 Å². The van der Waals surface area contributed by atoms with Gasteiger partial charge in [-0.1, -0.05) is 127 Å². The summed E-state index contributed by atoms with van der Waals surface area (Å²) in [6.07, 6.45) is -0.479. The number of aromatic nitrogens is 3. The van der Waals surface area contributed by atoms with Crippen molar-refractivity contribution in [2.24, 2.45) is 9.98 Å².